The third-order valence-corrected chi connectivity index (χ3v) is 2.00. The maximum atomic E-state index is 11.9. The lowest BCUT2D eigenvalue weighted by atomic mass is 10.3. The van der Waals surface area contributed by atoms with Crippen molar-refractivity contribution >= 4 is 5.91 Å². The molecule has 0 fully saturated rings. The van der Waals surface area contributed by atoms with Crippen LogP contribution in [-0.2, 0) is 11.3 Å². The number of hydrogen-bond acceptors (Lipinski definition) is 3. The van der Waals surface area contributed by atoms with Crippen molar-refractivity contribution in [3.8, 4) is 0 Å². The number of nitrogens with one attached hydrogen (secondary N) is 1. The van der Waals surface area contributed by atoms with Crippen molar-refractivity contribution in [3.05, 3.63) is 18.5 Å². The molecular formula is C9H12F3N3O2. The Bertz CT molecular complexity index is 351. The van der Waals surface area contributed by atoms with Gasteiger partial charge in [0.15, 0.2) is 6.10 Å². The molecule has 1 heterocycles. The number of amides is 1. The second kappa shape index (κ2) is 5.67. The highest BCUT2D eigenvalue weighted by Gasteiger charge is 2.38. The maximum absolute atomic E-state index is 11.9. The monoisotopic (exact) mass is 251 g/mol. The van der Waals surface area contributed by atoms with Crippen molar-refractivity contribution < 1.29 is 23.1 Å². The van der Waals surface area contributed by atoms with E-state index >= 15 is 0 Å². The minimum Gasteiger partial charge on any atom is -0.382 e. The van der Waals surface area contributed by atoms with Gasteiger partial charge in [0.25, 0.3) is 0 Å². The molecule has 0 aliphatic heterocycles. The molecule has 0 saturated carbocycles. The number of aryl methyl sites for hydroxylation is 1. The number of aliphatic hydroxyl groups is 1. The molecule has 1 unspecified atom stereocenters. The standard InChI is InChI=1S/C9H12F3N3O2/c10-9(11,12)7(16)6-13-8(17)2-5-15-4-1-3-14-15/h1,3-4,7,16H,2,5-6H2,(H,13,17). The summed E-state index contributed by atoms with van der Waals surface area (Å²) in [5, 5.41) is 14.5. The van der Waals surface area contributed by atoms with Crippen LogP contribution in [0.3, 0.4) is 0 Å². The Balaban J connectivity index is 2.22. The van der Waals surface area contributed by atoms with Gasteiger partial charge in [-0.1, -0.05) is 0 Å². The van der Waals surface area contributed by atoms with Gasteiger partial charge in [-0.3, -0.25) is 9.48 Å². The van der Waals surface area contributed by atoms with Crippen LogP contribution in [0.15, 0.2) is 18.5 Å². The number of hydrogen-bond donors (Lipinski definition) is 2. The molecule has 0 spiro atoms. The summed E-state index contributed by atoms with van der Waals surface area (Å²) in [7, 11) is 0. The van der Waals surface area contributed by atoms with Gasteiger partial charge in [-0.15, -0.1) is 0 Å². The van der Waals surface area contributed by atoms with Crippen molar-refractivity contribution in [2.45, 2.75) is 25.2 Å². The summed E-state index contributed by atoms with van der Waals surface area (Å²) in [6.45, 7) is -0.553. The summed E-state index contributed by atoms with van der Waals surface area (Å²) in [4.78, 5) is 11.1. The normalized spacial score (nSPS) is 13.4. The fourth-order valence-electron chi connectivity index (χ4n) is 1.06. The fourth-order valence-corrected chi connectivity index (χ4v) is 1.06. The zero-order chi connectivity index (χ0) is 12.9. The van der Waals surface area contributed by atoms with Crippen molar-refractivity contribution in [2.24, 2.45) is 0 Å². The highest BCUT2D eigenvalue weighted by atomic mass is 19.4. The topological polar surface area (TPSA) is 67.2 Å². The number of aromatic nitrogens is 2. The first-order valence-electron chi connectivity index (χ1n) is 4.88. The van der Waals surface area contributed by atoms with Crippen LogP contribution in [0.25, 0.3) is 0 Å². The Morgan fingerprint density at radius 1 is 1.53 bits per heavy atom. The van der Waals surface area contributed by atoms with Crippen LogP contribution in [0.1, 0.15) is 6.42 Å². The van der Waals surface area contributed by atoms with E-state index in [1.807, 2.05) is 5.32 Å². The molecule has 0 aromatic carbocycles. The predicted octanol–water partition coefficient (Wildman–Crippen LogP) is 0.313. The predicted molar refractivity (Wildman–Crippen MR) is 51.9 cm³/mol. The van der Waals surface area contributed by atoms with Crippen LogP contribution >= 0.6 is 0 Å². The number of rotatable bonds is 5. The molecule has 1 rings (SSSR count). The second-order valence-corrected chi connectivity index (χ2v) is 3.38. The Labute approximate surface area is 95.2 Å². The fraction of sp³-hybridized carbons (Fsp3) is 0.556. The molecule has 8 heteroatoms. The van der Waals surface area contributed by atoms with Gasteiger partial charge in [0, 0.05) is 25.4 Å². The van der Waals surface area contributed by atoms with E-state index in [9.17, 15) is 18.0 Å². The molecular weight excluding hydrogens is 239 g/mol. The Kier molecular flexibility index (Phi) is 4.50. The molecule has 17 heavy (non-hydrogen) atoms. The lowest BCUT2D eigenvalue weighted by Crippen LogP contribution is -2.40. The van der Waals surface area contributed by atoms with Gasteiger partial charge < -0.3 is 10.4 Å². The highest BCUT2D eigenvalue weighted by molar-refractivity contribution is 5.75. The molecule has 0 aliphatic rings. The molecule has 1 amide bonds. The first-order valence-corrected chi connectivity index (χ1v) is 4.88. The van der Waals surface area contributed by atoms with Gasteiger partial charge in [-0.2, -0.15) is 18.3 Å². The molecule has 0 bridgehead atoms. The lowest BCUT2D eigenvalue weighted by Gasteiger charge is -2.14. The minimum atomic E-state index is -4.71. The quantitative estimate of drug-likeness (QED) is 0.791. The molecule has 1 aromatic rings. The Hall–Kier alpha value is -1.57. The summed E-state index contributed by atoms with van der Waals surface area (Å²) >= 11 is 0. The van der Waals surface area contributed by atoms with Crippen molar-refractivity contribution in [1.82, 2.24) is 15.1 Å². The lowest BCUT2D eigenvalue weighted by molar-refractivity contribution is -0.201. The van der Waals surface area contributed by atoms with Crippen LogP contribution in [0.4, 0.5) is 13.2 Å². The largest absolute Gasteiger partial charge is 0.416 e. The zero-order valence-corrected chi connectivity index (χ0v) is 8.81. The number of aliphatic hydroxyl groups excluding tert-OH is 1. The van der Waals surface area contributed by atoms with E-state index in [-0.39, 0.29) is 13.0 Å². The van der Waals surface area contributed by atoms with Crippen molar-refractivity contribution in [1.29, 1.82) is 0 Å². The number of alkyl halides is 3. The van der Waals surface area contributed by atoms with Gasteiger partial charge in [-0.05, 0) is 6.07 Å². The first-order chi connectivity index (χ1) is 7.89. The summed E-state index contributed by atoms with van der Waals surface area (Å²) in [5.74, 6) is -0.566. The molecule has 1 aromatic heterocycles. The molecule has 2 N–H and O–H groups in total. The molecule has 0 aliphatic carbocycles. The zero-order valence-electron chi connectivity index (χ0n) is 8.81. The molecule has 1 atom stereocenters. The number of carbonyl (C=O) groups is 1. The van der Waals surface area contributed by atoms with E-state index in [4.69, 9.17) is 5.11 Å². The third-order valence-electron chi connectivity index (χ3n) is 2.00. The Morgan fingerprint density at radius 3 is 2.76 bits per heavy atom. The highest BCUT2D eigenvalue weighted by Crippen LogP contribution is 2.19. The Morgan fingerprint density at radius 2 is 2.24 bits per heavy atom. The minimum absolute atomic E-state index is 0.00621. The summed E-state index contributed by atoms with van der Waals surface area (Å²) < 4.78 is 37.2. The average molecular weight is 251 g/mol. The molecule has 96 valence electrons. The van der Waals surface area contributed by atoms with E-state index < -0.39 is 24.7 Å². The van der Waals surface area contributed by atoms with Gasteiger partial charge in [-0.25, -0.2) is 0 Å². The SMILES string of the molecule is O=C(CCn1cccn1)NCC(O)C(F)(F)F. The van der Waals surface area contributed by atoms with Gasteiger partial charge in [0.1, 0.15) is 0 Å². The number of nitrogens with zero attached hydrogens (tertiary/aromatic N) is 2. The second-order valence-electron chi connectivity index (χ2n) is 3.38. The van der Waals surface area contributed by atoms with E-state index in [0.29, 0.717) is 0 Å². The van der Waals surface area contributed by atoms with Crippen LogP contribution in [0, 0.1) is 0 Å². The number of halogens is 3. The smallest absolute Gasteiger partial charge is 0.382 e. The molecule has 0 saturated heterocycles. The number of carbonyl (C=O) groups excluding carboxylic acids is 1. The van der Waals surface area contributed by atoms with Crippen molar-refractivity contribution in [3.63, 3.8) is 0 Å². The summed E-state index contributed by atoms with van der Waals surface area (Å²) in [6.07, 6.45) is -4.07. The molecule has 5 nitrogen and oxygen atoms in total. The van der Waals surface area contributed by atoms with Crippen LogP contribution in [0.2, 0.25) is 0 Å². The van der Waals surface area contributed by atoms with Gasteiger partial charge in [0.05, 0.1) is 6.54 Å². The van der Waals surface area contributed by atoms with Crippen LogP contribution < -0.4 is 5.32 Å². The van der Waals surface area contributed by atoms with Gasteiger partial charge >= 0.3 is 6.18 Å². The molecule has 0 radical (unpaired) electrons. The first kappa shape index (κ1) is 13.5. The van der Waals surface area contributed by atoms with Crippen LogP contribution in [0.5, 0.6) is 0 Å². The van der Waals surface area contributed by atoms with Gasteiger partial charge in [0.2, 0.25) is 5.91 Å². The van der Waals surface area contributed by atoms with E-state index in [2.05, 4.69) is 5.10 Å². The average Bonchev–Trinajstić information content (AvgIpc) is 2.74. The van der Waals surface area contributed by atoms with E-state index in [1.165, 1.54) is 10.9 Å². The van der Waals surface area contributed by atoms with Crippen LogP contribution in [-0.4, -0.2) is 39.6 Å². The third kappa shape index (κ3) is 4.85. The summed E-state index contributed by atoms with van der Waals surface area (Å²) in [6, 6.07) is 1.67. The van der Waals surface area contributed by atoms with Crippen molar-refractivity contribution in [2.75, 3.05) is 6.54 Å². The van der Waals surface area contributed by atoms with E-state index in [1.54, 1.807) is 12.3 Å². The maximum Gasteiger partial charge on any atom is 0.416 e. The summed E-state index contributed by atoms with van der Waals surface area (Å²) in [5.41, 5.74) is 0. The van der Waals surface area contributed by atoms with E-state index in [0.717, 1.165) is 0 Å².